The van der Waals surface area contributed by atoms with Gasteiger partial charge in [-0.05, 0) is 44.5 Å². The maximum absolute atomic E-state index is 12.1. The van der Waals surface area contributed by atoms with E-state index in [1.165, 1.54) is 4.90 Å². The van der Waals surface area contributed by atoms with Gasteiger partial charge in [-0.3, -0.25) is 14.5 Å². The molecule has 1 saturated heterocycles. The smallest absolute Gasteiger partial charge is 0.252 e. The van der Waals surface area contributed by atoms with Crippen LogP contribution < -0.4 is 5.32 Å². The molecule has 1 aromatic rings. The van der Waals surface area contributed by atoms with E-state index in [-0.39, 0.29) is 24.3 Å². The van der Waals surface area contributed by atoms with Gasteiger partial charge < -0.3 is 5.32 Å². The van der Waals surface area contributed by atoms with Crippen molar-refractivity contribution in [2.24, 2.45) is 0 Å². The third kappa shape index (κ3) is 2.81. The molecule has 1 N–H and O–H groups in total. The molecule has 4 nitrogen and oxygen atoms in total. The number of amides is 2. The van der Waals surface area contributed by atoms with E-state index >= 15 is 0 Å². The van der Waals surface area contributed by atoms with Crippen LogP contribution in [0.2, 0.25) is 0 Å². The van der Waals surface area contributed by atoms with Crippen LogP contribution in [-0.2, 0) is 9.59 Å². The van der Waals surface area contributed by atoms with Crippen molar-refractivity contribution in [3.8, 4) is 0 Å². The number of anilines is 1. The van der Waals surface area contributed by atoms with Crippen molar-refractivity contribution in [3.63, 3.8) is 0 Å². The molecular weight excluding hydrogens is 308 g/mol. The summed E-state index contributed by atoms with van der Waals surface area (Å²) in [5, 5.41) is 3.14. The van der Waals surface area contributed by atoms with Crippen LogP contribution in [0.15, 0.2) is 22.7 Å². The number of hydrogen-bond donors (Lipinski definition) is 1. The topological polar surface area (TPSA) is 49.4 Å². The number of rotatable bonds is 3. The number of benzene rings is 1. The number of likely N-dealkylation sites (tertiary alicyclic amines) is 1. The SMILES string of the molecule is Cc1cc(NC2CC(=O)N(C(C)C)C2=O)ccc1Br. The summed E-state index contributed by atoms with van der Waals surface area (Å²) < 4.78 is 1.02. The lowest BCUT2D eigenvalue weighted by atomic mass is 10.2. The fraction of sp³-hybridized carbons (Fsp3) is 0.429. The van der Waals surface area contributed by atoms with E-state index in [2.05, 4.69) is 21.2 Å². The first kappa shape index (κ1) is 14.1. The van der Waals surface area contributed by atoms with Crippen molar-refractivity contribution in [1.29, 1.82) is 0 Å². The van der Waals surface area contributed by atoms with E-state index in [0.29, 0.717) is 0 Å². The van der Waals surface area contributed by atoms with Crippen LogP contribution in [0, 0.1) is 6.92 Å². The molecule has 1 heterocycles. The minimum atomic E-state index is -0.449. The minimum absolute atomic E-state index is 0.0848. The van der Waals surface area contributed by atoms with Crippen molar-refractivity contribution < 1.29 is 9.59 Å². The van der Waals surface area contributed by atoms with Gasteiger partial charge in [0.15, 0.2) is 0 Å². The highest BCUT2D eigenvalue weighted by Crippen LogP contribution is 2.24. The molecule has 0 saturated carbocycles. The summed E-state index contributed by atoms with van der Waals surface area (Å²) in [6.07, 6.45) is 0.228. The molecule has 1 atom stereocenters. The van der Waals surface area contributed by atoms with Gasteiger partial charge in [0.2, 0.25) is 5.91 Å². The molecule has 0 aliphatic carbocycles. The molecule has 1 unspecified atom stereocenters. The van der Waals surface area contributed by atoms with Crippen molar-refractivity contribution in [2.45, 2.75) is 39.3 Å². The lowest BCUT2D eigenvalue weighted by Crippen LogP contribution is -2.39. The molecule has 2 amide bonds. The van der Waals surface area contributed by atoms with Crippen molar-refractivity contribution >= 4 is 33.4 Å². The maximum Gasteiger partial charge on any atom is 0.252 e. The lowest BCUT2D eigenvalue weighted by Gasteiger charge is -2.19. The zero-order chi connectivity index (χ0) is 14.2. The van der Waals surface area contributed by atoms with Gasteiger partial charge in [0.25, 0.3) is 5.91 Å². The maximum atomic E-state index is 12.1. The molecular formula is C14H17BrN2O2. The highest BCUT2D eigenvalue weighted by molar-refractivity contribution is 9.10. The van der Waals surface area contributed by atoms with Gasteiger partial charge in [-0.25, -0.2) is 0 Å². The van der Waals surface area contributed by atoms with Gasteiger partial charge in [0.1, 0.15) is 6.04 Å². The second kappa shape index (κ2) is 5.33. The molecule has 1 aliphatic heterocycles. The van der Waals surface area contributed by atoms with E-state index in [4.69, 9.17) is 0 Å². The highest BCUT2D eigenvalue weighted by atomic mass is 79.9. The normalized spacial score (nSPS) is 19.4. The Balaban J connectivity index is 2.14. The van der Waals surface area contributed by atoms with Crippen LogP contribution in [0.4, 0.5) is 5.69 Å². The van der Waals surface area contributed by atoms with Crippen LogP contribution in [0.3, 0.4) is 0 Å². The average Bonchev–Trinajstić information content (AvgIpc) is 2.59. The summed E-state index contributed by atoms with van der Waals surface area (Å²) in [6, 6.07) is 5.25. The van der Waals surface area contributed by atoms with Crippen molar-refractivity contribution in [3.05, 3.63) is 28.2 Å². The van der Waals surface area contributed by atoms with E-state index < -0.39 is 6.04 Å². The first-order chi connectivity index (χ1) is 8.90. The van der Waals surface area contributed by atoms with Gasteiger partial charge in [-0.2, -0.15) is 0 Å². The van der Waals surface area contributed by atoms with Crippen molar-refractivity contribution in [1.82, 2.24) is 4.90 Å². The fourth-order valence-corrected chi connectivity index (χ4v) is 2.49. The van der Waals surface area contributed by atoms with Crippen LogP contribution in [0.5, 0.6) is 0 Å². The predicted octanol–water partition coefficient (Wildman–Crippen LogP) is 2.71. The summed E-state index contributed by atoms with van der Waals surface area (Å²) in [6.45, 7) is 5.68. The summed E-state index contributed by atoms with van der Waals surface area (Å²) in [5.41, 5.74) is 1.94. The van der Waals surface area contributed by atoms with Gasteiger partial charge in [0.05, 0.1) is 6.42 Å². The molecule has 102 valence electrons. The van der Waals surface area contributed by atoms with Crippen LogP contribution >= 0.6 is 15.9 Å². The molecule has 19 heavy (non-hydrogen) atoms. The van der Waals surface area contributed by atoms with Crippen molar-refractivity contribution in [2.75, 3.05) is 5.32 Å². The number of carbonyl (C=O) groups excluding carboxylic acids is 2. The van der Waals surface area contributed by atoms with E-state index in [0.717, 1.165) is 15.7 Å². The number of nitrogens with one attached hydrogen (secondary N) is 1. The van der Waals surface area contributed by atoms with Crippen LogP contribution in [0.25, 0.3) is 0 Å². The Kier molecular flexibility index (Phi) is 3.94. The molecule has 0 aromatic heterocycles. The Morgan fingerprint density at radius 3 is 2.58 bits per heavy atom. The average molecular weight is 325 g/mol. The summed E-state index contributed by atoms with van der Waals surface area (Å²) in [5.74, 6) is -0.244. The highest BCUT2D eigenvalue weighted by Gasteiger charge is 2.39. The number of hydrogen-bond acceptors (Lipinski definition) is 3. The Bertz CT molecular complexity index is 528. The number of imide groups is 1. The van der Waals surface area contributed by atoms with E-state index in [9.17, 15) is 9.59 Å². The van der Waals surface area contributed by atoms with Gasteiger partial charge in [-0.1, -0.05) is 15.9 Å². The Morgan fingerprint density at radius 2 is 2.05 bits per heavy atom. The first-order valence-electron chi connectivity index (χ1n) is 6.28. The van der Waals surface area contributed by atoms with Crippen LogP contribution in [0.1, 0.15) is 25.8 Å². The minimum Gasteiger partial charge on any atom is -0.373 e. The molecule has 1 aromatic carbocycles. The number of aryl methyl sites for hydroxylation is 1. The lowest BCUT2D eigenvalue weighted by molar-refractivity contribution is -0.140. The van der Waals surface area contributed by atoms with Crippen LogP contribution in [-0.4, -0.2) is 28.8 Å². The third-order valence-electron chi connectivity index (χ3n) is 3.20. The summed E-state index contributed by atoms with van der Waals surface area (Å²) in [7, 11) is 0. The molecule has 1 aliphatic rings. The summed E-state index contributed by atoms with van der Waals surface area (Å²) >= 11 is 3.44. The van der Waals surface area contributed by atoms with E-state index in [1.54, 1.807) is 0 Å². The second-order valence-corrected chi connectivity index (χ2v) is 5.92. The number of carbonyl (C=O) groups is 2. The zero-order valence-electron chi connectivity index (χ0n) is 11.2. The predicted molar refractivity (Wildman–Crippen MR) is 77.9 cm³/mol. The Labute approximate surface area is 121 Å². The molecule has 0 spiro atoms. The molecule has 0 radical (unpaired) electrons. The third-order valence-corrected chi connectivity index (χ3v) is 4.09. The van der Waals surface area contributed by atoms with Gasteiger partial charge >= 0.3 is 0 Å². The molecule has 0 bridgehead atoms. The quantitative estimate of drug-likeness (QED) is 0.870. The molecule has 2 rings (SSSR count). The number of halogens is 1. The Morgan fingerprint density at radius 1 is 1.37 bits per heavy atom. The zero-order valence-corrected chi connectivity index (χ0v) is 12.8. The monoisotopic (exact) mass is 324 g/mol. The van der Waals surface area contributed by atoms with E-state index in [1.807, 2.05) is 39.0 Å². The van der Waals surface area contributed by atoms with Gasteiger partial charge in [0, 0.05) is 16.2 Å². The van der Waals surface area contributed by atoms with Gasteiger partial charge in [-0.15, -0.1) is 0 Å². The molecule has 5 heteroatoms. The first-order valence-corrected chi connectivity index (χ1v) is 7.08. The second-order valence-electron chi connectivity index (χ2n) is 5.06. The molecule has 1 fully saturated rings. The largest absolute Gasteiger partial charge is 0.373 e. The standard InChI is InChI=1S/C14H17BrN2O2/c1-8(2)17-13(18)7-12(14(17)19)16-10-4-5-11(15)9(3)6-10/h4-6,8,12,16H,7H2,1-3H3. The number of nitrogens with zero attached hydrogens (tertiary/aromatic N) is 1. The summed E-state index contributed by atoms with van der Waals surface area (Å²) in [4.78, 5) is 25.3. The Hall–Kier alpha value is -1.36. The fourth-order valence-electron chi connectivity index (χ4n) is 2.24.